The summed E-state index contributed by atoms with van der Waals surface area (Å²) in [5.41, 5.74) is 6.87. The van der Waals surface area contributed by atoms with Crippen LogP contribution in [0.25, 0.3) is 0 Å². The number of para-hydroxylation sites is 1. The number of nitrogens with zero attached hydrogens (tertiary/aromatic N) is 5. The molecule has 1 aromatic heterocycles. The number of benzene rings is 1. The molecule has 3 rings (SSSR count). The van der Waals surface area contributed by atoms with Gasteiger partial charge in [0.15, 0.2) is 5.96 Å². The number of aromatic nitrogens is 2. The minimum absolute atomic E-state index is 0. The van der Waals surface area contributed by atoms with Crippen LogP contribution in [-0.2, 0) is 0 Å². The second kappa shape index (κ2) is 10.1. The third kappa shape index (κ3) is 6.13. The topological polar surface area (TPSA) is 82.7 Å². The van der Waals surface area contributed by atoms with Crippen molar-refractivity contribution in [3.8, 4) is 0 Å². The number of rotatable bonds is 5. The predicted molar refractivity (Wildman–Crippen MR) is 113 cm³/mol. The third-order valence-corrected chi connectivity index (χ3v) is 3.95. The van der Waals surface area contributed by atoms with Crippen LogP contribution in [0.1, 0.15) is 0 Å². The van der Waals surface area contributed by atoms with Crippen molar-refractivity contribution >= 4 is 41.6 Å². The van der Waals surface area contributed by atoms with Crippen LogP contribution in [0.5, 0.6) is 0 Å². The Hall–Kier alpha value is -1.94. The molecule has 1 fully saturated rings. The minimum atomic E-state index is 0. The molecule has 1 saturated heterocycles. The van der Waals surface area contributed by atoms with E-state index >= 15 is 0 Å². The Balaban J connectivity index is 0.00000225. The Morgan fingerprint density at radius 3 is 2.40 bits per heavy atom. The lowest BCUT2D eigenvalue weighted by Gasteiger charge is -2.34. The first-order valence-corrected chi connectivity index (χ1v) is 8.17. The van der Waals surface area contributed by atoms with E-state index in [2.05, 4.69) is 30.1 Å². The van der Waals surface area contributed by atoms with E-state index in [9.17, 15) is 0 Å². The van der Waals surface area contributed by atoms with Crippen molar-refractivity contribution in [1.82, 2.24) is 14.9 Å². The van der Waals surface area contributed by atoms with E-state index < -0.39 is 0 Å². The molecular weight excluding hydrogens is 429 g/mol. The minimum Gasteiger partial charge on any atom is -0.370 e. The zero-order valence-electron chi connectivity index (χ0n) is 14.1. The first-order valence-electron chi connectivity index (χ1n) is 8.17. The second-order valence-corrected chi connectivity index (χ2v) is 5.64. The molecule has 0 atom stereocenters. The van der Waals surface area contributed by atoms with Gasteiger partial charge in [0.25, 0.3) is 0 Å². The molecule has 0 amide bonds. The molecule has 8 heteroatoms. The first kappa shape index (κ1) is 19.4. The maximum Gasteiger partial charge on any atom is 0.225 e. The molecule has 0 bridgehead atoms. The molecule has 1 aliphatic heterocycles. The lowest BCUT2D eigenvalue weighted by molar-refractivity contribution is 0.264. The molecule has 134 valence electrons. The molecule has 3 N–H and O–H groups in total. The Morgan fingerprint density at radius 2 is 1.72 bits per heavy atom. The number of nitrogens with two attached hydrogens (primary N) is 1. The van der Waals surface area contributed by atoms with E-state index in [0.717, 1.165) is 44.4 Å². The van der Waals surface area contributed by atoms with Crippen LogP contribution >= 0.6 is 24.0 Å². The summed E-state index contributed by atoms with van der Waals surface area (Å²) in [4.78, 5) is 17.6. The van der Waals surface area contributed by atoms with Crippen LogP contribution in [0.2, 0.25) is 0 Å². The molecule has 25 heavy (non-hydrogen) atoms. The SMILES string of the molecule is I.NC(=NCCN1CCN(c2ncccn2)CC1)Nc1ccccc1. The van der Waals surface area contributed by atoms with Crippen molar-refractivity contribution in [2.45, 2.75) is 0 Å². The molecule has 0 saturated carbocycles. The van der Waals surface area contributed by atoms with Gasteiger partial charge >= 0.3 is 0 Å². The summed E-state index contributed by atoms with van der Waals surface area (Å²) in [5, 5.41) is 3.09. The molecule has 0 unspecified atom stereocenters. The van der Waals surface area contributed by atoms with Crippen molar-refractivity contribution in [2.75, 3.05) is 49.5 Å². The monoisotopic (exact) mass is 453 g/mol. The fraction of sp³-hybridized carbons (Fsp3) is 0.353. The average molecular weight is 453 g/mol. The van der Waals surface area contributed by atoms with Crippen molar-refractivity contribution in [2.24, 2.45) is 10.7 Å². The van der Waals surface area contributed by atoms with Gasteiger partial charge in [0, 0.05) is 50.8 Å². The highest BCUT2D eigenvalue weighted by atomic mass is 127. The third-order valence-electron chi connectivity index (χ3n) is 3.95. The van der Waals surface area contributed by atoms with Crippen LogP contribution in [0, 0.1) is 0 Å². The molecule has 1 aromatic carbocycles. The highest BCUT2D eigenvalue weighted by molar-refractivity contribution is 14.0. The van der Waals surface area contributed by atoms with Crippen molar-refractivity contribution in [1.29, 1.82) is 0 Å². The summed E-state index contributed by atoms with van der Waals surface area (Å²) in [6.45, 7) is 5.44. The van der Waals surface area contributed by atoms with Crippen LogP contribution < -0.4 is 16.0 Å². The van der Waals surface area contributed by atoms with E-state index in [1.54, 1.807) is 12.4 Å². The molecule has 1 aliphatic rings. The van der Waals surface area contributed by atoms with Crippen molar-refractivity contribution < 1.29 is 0 Å². The molecule has 0 aliphatic carbocycles. The number of hydrogen-bond donors (Lipinski definition) is 2. The number of hydrogen-bond acceptors (Lipinski definition) is 5. The molecule has 0 radical (unpaired) electrons. The van der Waals surface area contributed by atoms with Gasteiger partial charge in [-0.2, -0.15) is 0 Å². The van der Waals surface area contributed by atoms with E-state index in [1.165, 1.54) is 0 Å². The Labute approximate surface area is 165 Å². The van der Waals surface area contributed by atoms with Gasteiger partial charge in [-0.1, -0.05) is 18.2 Å². The maximum atomic E-state index is 5.92. The van der Waals surface area contributed by atoms with Crippen LogP contribution in [0.15, 0.2) is 53.8 Å². The Kier molecular flexibility index (Phi) is 7.86. The van der Waals surface area contributed by atoms with Gasteiger partial charge in [-0.3, -0.25) is 9.89 Å². The van der Waals surface area contributed by atoms with Gasteiger partial charge in [0.05, 0.1) is 6.54 Å². The second-order valence-electron chi connectivity index (χ2n) is 5.64. The molecule has 2 aromatic rings. The number of aliphatic imine (C=N–C) groups is 1. The lowest BCUT2D eigenvalue weighted by Crippen LogP contribution is -2.47. The predicted octanol–water partition coefficient (Wildman–Crippen LogP) is 1.64. The van der Waals surface area contributed by atoms with Crippen LogP contribution in [0.4, 0.5) is 11.6 Å². The quantitative estimate of drug-likeness (QED) is 0.407. The first-order chi connectivity index (χ1) is 11.8. The molecule has 7 nitrogen and oxygen atoms in total. The fourth-order valence-corrected chi connectivity index (χ4v) is 2.65. The van der Waals surface area contributed by atoms with E-state index in [1.807, 2.05) is 36.4 Å². The zero-order chi connectivity index (χ0) is 16.6. The standard InChI is InChI=1S/C17H23N7.HI/c18-16(22-15-5-2-1-3-6-15)19-9-10-23-11-13-24(14-12-23)17-20-7-4-8-21-17;/h1-8H,9-14H2,(H3,18,19,22);1H. The summed E-state index contributed by atoms with van der Waals surface area (Å²) in [7, 11) is 0. The number of nitrogens with one attached hydrogen (secondary N) is 1. The van der Waals surface area contributed by atoms with Crippen LogP contribution in [-0.4, -0.2) is 60.1 Å². The molecule has 0 spiro atoms. The van der Waals surface area contributed by atoms with Crippen molar-refractivity contribution in [3.63, 3.8) is 0 Å². The number of anilines is 2. The number of piperazine rings is 1. The number of halogens is 1. The largest absolute Gasteiger partial charge is 0.370 e. The maximum absolute atomic E-state index is 5.92. The Bertz CT molecular complexity index is 643. The van der Waals surface area contributed by atoms with E-state index in [-0.39, 0.29) is 24.0 Å². The summed E-state index contributed by atoms with van der Waals surface area (Å²) in [6.07, 6.45) is 3.57. The van der Waals surface area contributed by atoms with Crippen molar-refractivity contribution in [3.05, 3.63) is 48.8 Å². The fourth-order valence-electron chi connectivity index (χ4n) is 2.65. The van der Waals surface area contributed by atoms with E-state index in [4.69, 9.17) is 5.73 Å². The Morgan fingerprint density at radius 1 is 1.04 bits per heavy atom. The van der Waals surface area contributed by atoms with Gasteiger partial charge in [-0.25, -0.2) is 9.97 Å². The zero-order valence-corrected chi connectivity index (χ0v) is 16.4. The summed E-state index contributed by atoms with van der Waals surface area (Å²) >= 11 is 0. The van der Waals surface area contributed by atoms with Gasteiger partial charge in [0.1, 0.15) is 0 Å². The number of guanidine groups is 1. The molecular formula is C17H24IN7. The highest BCUT2D eigenvalue weighted by Gasteiger charge is 2.18. The summed E-state index contributed by atoms with van der Waals surface area (Å²) < 4.78 is 0. The summed E-state index contributed by atoms with van der Waals surface area (Å²) in [6, 6.07) is 11.7. The normalized spacial score (nSPS) is 15.5. The lowest BCUT2D eigenvalue weighted by atomic mass is 10.3. The van der Waals surface area contributed by atoms with Gasteiger partial charge in [0.2, 0.25) is 5.95 Å². The highest BCUT2D eigenvalue weighted by Crippen LogP contribution is 2.09. The van der Waals surface area contributed by atoms with Gasteiger partial charge in [-0.15, -0.1) is 24.0 Å². The van der Waals surface area contributed by atoms with Gasteiger partial charge < -0.3 is 16.0 Å². The average Bonchev–Trinajstić information content (AvgIpc) is 2.64. The smallest absolute Gasteiger partial charge is 0.225 e. The van der Waals surface area contributed by atoms with Gasteiger partial charge in [-0.05, 0) is 18.2 Å². The molecule has 2 heterocycles. The van der Waals surface area contributed by atoms with Crippen LogP contribution in [0.3, 0.4) is 0 Å². The van der Waals surface area contributed by atoms with E-state index in [0.29, 0.717) is 12.5 Å². The summed E-state index contributed by atoms with van der Waals surface area (Å²) in [5.74, 6) is 1.27.